The molecule has 0 N–H and O–H groups in total. The fourth-order valence-corrected chi connectivity index (χ4v) is 2.88. The summed E-state index contributed by atoms with van der Waals surface area (Å²) in [5, 5.41) is 6.06. The van der Waals surface area contributed by atoms with Crippen LogP contribution in [0, 0.1) is 5.82 Å². The van der Waals surface area contributed by atoms with E-state index in [9.17, 15) is 14.0 Å². The molecule has 0 fully saturated rings. The minimum atomic E-state index is -0.641. The number of aryl methyl sites for hydroxylation is 1. The number of halogens is 2. The molecule has 6 nitrogen and oxygen atoms in total. The summed E-state index contributed by atoms with van der Waals surface area (Å²) in [4.78, 5) is 24.3. The molecule has 0 atom stereocenters. The van der Waals surface area contributed by atoms with Crippen LogP contribution in [0.4, 0.5) is 4.39 Å². The van der Waals surface area contributed by atoms with Crippen molar-refractivity contribution in [1.29, 1.82) is 0 Å². The SMILES string of the molecule is O=C(CCn1nc(-c2cccs2)oc1=O)OCc1ccc(F)cc1Cl. The highest BCUT2D eigenvalue weighted by molar-refractivity contribution is 7.13. The minimum Gasteiger partial charge on any atom is -0.461 e. The Kier molecular flexibility index (Phi) is 5.30. The molecule has 0 radical (unpaired) electrons. The molecule has 9 heteroatoms. The van der Waals surface area contributed by atoms with Crippen LogP contribution in [0.1, 0.15) is 12.0 Å². The van der Waals surface area contributed by atoms with Gasteiger partial charge in [0.05, 0.1) is 22.9 Å². The van der Waals surface area contributed by atoms with Crippen molar-refractivity contribution < 1.29 is 18.3 Å². The van der Waals surface area contributed by atoms with Gasteiger partial charge in [0.25, 0.3) is 5.89 Å². The average Bonchev–Trinajstić information content (AvgIpc) is 3.21. The summed E-state index contributed by atoms with van der Waals surface area (Å²) in [5.41, 5.74) is 0.495. The molecule has 3 aromatic rings. The maximum Gasteiger partial charge on any atom is 0.437 e. The summed E-state index contributed by atoms with van der Waals surface area (Å²) in [6, 6.07) is 7.42. The second kappa shape index (κ2) is 7.62. The van der Waals surface area contributed by atoms with E-state index in [1.165, 1.54) is 23.5 Å². The van der Waals surface area contributed by atoms with E-state index >= 15 is 0 Å². The van der Waals surface area contributed by atoms with E-state index in [0.717, 1.165) is 15.6 Å². The van der Waals surface area contributed by atoms with E-state index in [0.29, 0.717) is 5.56 Å². The minimum absolute atomic E-state index is 0.0314. The van der Waals surface area contributed by atoms with Gasteiger partial charge in [0.15, 0.2) is 0 Å². The quantitative estimate of drug-likeness (QED) is 0.610. The van der Waals surface area contributed by atoms with Gasteiger partial charge < -0.3 is 9.15 Å². The van der Waals surface area contributed by atoms with Gasteiger partial charge >= 0.3 is 11.7 Å². The van der Waals surface area contributed by atoms with Crippen LogP contribution >= 0.6 is 22.9 Å². The molecule has 0 bridgehead atoms. The van der Waals surface area contributed by atoms with Crippen LogP contribution in [0.2, 0.25) is 5.02 Å². The second-order valence-corrected chi connectivity index (χ2v) is 6.37. The van der Waals surface area contributed by atoms with Crippen LogP contribution in [0.5, 0.6) is 0 Å². The Labute approximate surface area is 150 Å². The lowest BCUT2D eigenvalue weighted by atomic mass is 10.2. The van der Waals surface area contributed by atoms with Gasteiger partial charge in [0, 0.05) is 5.56 Å². The lowest BCUT2D eigenvalue weighted by molar-refractivity contribution is -0.145. The van der Waals surface area contributed by atoms with E-state index in [2.05, 4.69) is 5.10 Å². The van der Waals surface area contributed by atoms with Crippen LogP contribution in [0.25, 0.3) is 10.8 Å². The Balaban J connectivity index is 1.55. The van der Waals surface area contributed by atoms with Gasteiger partial charge in [-0.1, -0.05) is 23.7 Å². The molecule has 0 saturated heterocycles. The number of carbonyl (C=O) groups is 1. The topological polar surface area (TPSA) is 74.3 Å². The van der Waals surface area contributed by atoms with Crippen LogP contribution in [-0.4, -0.2) is 15.7 Å². The second-order valence-electron chi connectivity index (χ2n) is 5.02. The van der Waals surface area contributed by atoms with Crippen molar-refractivity contribution in [2.24, 2.45) is 0 Å². The largest absolute Gasteiger partial charge is 0.461 e. The first-order valence-corrected chi connectivity index (χ1v) is 8.50. The van der Waals surface area contributed by atoms with Crippen molar-refractivity contribution in [3.8, 4) is 10.8 Å². The van der Waals surface area contributed by atoms with Crippen LogP contribution < -0.4 is 5.76 Å². The number of benzene rings is 1. The first kappa shape index (κ1) is 17.4. The Hall–Kier alpha value is -2.45. The smallest absolute Gasteiger partial charge is 0.437 e. The molecule has 0 aliphatic rings. The van der Waals surface area contributed by atoms with E-state index < -0.39 is 17.5 Å². The van der Waals surface area contributed by atoms with E-state index in [1.54, 1.807) is 6.07 Å². The standard InChI is InChI=1S/C16H12ClFN2O4S/c17-12-8-11(18)4-3-10(12)9-23-14(21)5-6-20-16(22)24-15(19-20)13-2-1-7-25-13/h1-4,7-8H,5-6,9H2. The van der Waals surface area contributed by atoms with Crippen LogP contribution in [0.15, 0.2) is 44.9 Å². The normalized spacial score (nSPS) is 10.8. The van der Waals surface area contributed by atoms with E-state index in [1.807, 2.05) is 11.4 Å². The predicted molar refractivity (Wildman–Crippen MR) is 89.9 cm³/mol. The summed E-state index contributed by atoms with van der Waals surface area (Å²) in [7, 11) is 0. The highest BCUT2D eigenvalue weighted by atomic mass is 35.5. The van der Waals surface area contributed by atoms with Gasteiger partial charge in [-0.3, -0.25) is 4.79 Å². The number of hydrogen-bond donors (Lipinski definition) is 0. The first-order chi connectivity index (χ1) is 12.0. The fourth-order valence-electron chi connectivity index (χ4n) is 2.01. The van der Waals surface area contributed by atoms with E-state index in [4.69, 9.17) is 20.8 Å². The maximum absolute atomic E-state index is 13.0. The lowest BCUT2D eigenvalue weighted by Gasteiger charge is -2.06. The van der Waals surface area contributed by atoms with Gasteiger partial charge in [0.1, 0.15) is 12.4 Å². The molecular weight excluding hydrogens is 371 g/mol. The predicted octanol–water partition coefficient (Wildman–Crippen LogP) is 3.49. The van der Waals surface area contributed by atoms with E-state index in [-0.39, 0.29) is 30.5 Å². The summed E-state index contributed by atoms with van der Waals surface area (Å²) >= 11 is 7.25. The third-order valence-electron chi connectivity index (χ3n) is 3.27. The summed E-state index contributed by atoms with van der Waals surface area (Å²) in [6.45, 7) is -0.0458. The number of esters is 1. The number of hydrogen-bond acceptors (Lipinski definition) is 6. The molecule has 1 aromatic carbocycles. The maximum atomic E-state index is 13.0. The molecule has 0 aliphatic heterocycles. The number of ether oxygens (including phenoxy) is 1. The van der Waals surface area contributed by atoms with Crippen molar-refractivity contribution in [1.82, 2.24) is 9.78 Å². The molecule has 25 heavy (non-hydrogen) atoms. The van der Waals surface area contributed by atoms with Crippen molar-refractivity contribution in [2.75, 3.05) is 0 Å². The van der Waals surface area contributed by atoms with Gasteiger partial charge in [0.2, 0.25) is 0 Å². The monoisotopic (exact) mass is 382 g/mol. The molecule has 0 unspecified atom stereocenters. The summed E-state index contributed by atoms with van der Waals surface area (Å²) in [5.74, 6) is -1.43. The summed E-state index contributed by atoms with van der Waals surface area (Å²) < 4.78 is 24.1. The summed E-state index contributed by atoms with van der Waals surface area (Å²) in [6.07, 6.45) is -0.0604. The third kappa shape index (κ3) is 4.34. The Morgan fingerprint density at radius 2 is 2.24 bits per heavy atom. The highest BCUT2D eigenvalue weighted by Crippen LogP contribution is 2.21. The van der Waals surface area contributed by atoms with Gasteiger partial charge in [-0.05, 0) is 23.6 Å². The zero-order chi connectivity index (χ0) is 17.8. The Morgan fingerprint density at radius 3 is 2.96 bits per heavy atom. The molecule has 0 aliphatic carbocycles. The van der Waals surface area contributed by atoms with Crippen molar-refractivity contribution in [3.05, 3.63) is 62.7 Å². The zero-order valence-electron chi connectivity index (χ0n) is 12.8. The van der Waals surface area contributed by atoms with Crippen molar-refractivity contribution >= 4 is 28.9 Å². The van der Waals surface area contributed by atoms with Crippen LogP contribution in [-0.2, 0) is 22.7 Å². The number of aromatic nitrogens is 2. The lowest BCUT2D eigenvalue weighted by Crippen LogP contribution is -2.18. The number of rotatable bonds is 6. The number of nitrogens with zero attached hydrogens (tertiary/aromatic N) is 2. The third-order valence-corrected chi connectivity index (χ3v) is 4.48. The highest BCUT2D eigenvalue weighted by Gasteiger charge is 2.13. The Bertz CT molecular complexity index is 936. The average molecular weight is 383 g/mol. The molecular formula is C16H12ClFN2O4S. The van der Waals surface area contributed by atoms with Crippen LogP contribution in [0.3, 0.4) is 0 Å². The van der Waals surface area contributed by atoms with Gasteiger partial charge in [-0.2, -0.15) is 4.68 Å². The first-order valence-electron chi connectivity index (χ1n) is 7.24. The van der Waals surface area contributed by atoms with Crippen molar-refractivity contribution in [3.63, 3.8) is 0 Å². The molecule has 0 amide bonds. The molecule has 3 rings (SSSR count). The number of thiophene rings is 1. The Morgan fingerprint density at radius 1 is 1.40 bits per heavy atom. The molecule has 0 spiro atoms. The molecule has 2 heterocycles. The molecule has 0 saturated carbocycles. The van der Waals surface area contributed by atoms with Crippen molar-refractivity contribution in [2.45, 2.75) is 19.6 Å². The molecule has 2 aromatic heterocycles. The number of carbonyl (C=O) groups excluding carboxylic acids is 1. The fraction of sp³-hybridized carbons (Fsp3) is 0.188. The van der Waals surface area contributed by atoms with Gasteiger partial charge in [-0.15, -0.1) is 16.4 Å². The molecule has 130 valence electrons. The zero-order valence-corrected chi connectivity index (χ0v) is 14.3. The van der Waals surface area contributed by atoms with Gasteiger partial charge in [-0.25, -0.2) is 9.18 Å².